The molecule has 0 N–H and O–H groups in total. The van der Waals surface area contributed by atoms with Crippen LogP contribution in [0.2, 0.25) is 0 Å². The first kappa shape index (κ1) is 10.8. The molecule has 0 fully saturated rings. The van der Waals surface area contributed by atoms with Crippen LogP contribution in [0.1, 0.15) is 5.56 Å². The van der Waals surface area contributed by atoms with E-state index in [0.717, 1.165) is 11.3 Å². The normalized spacial score (nSPS) is 10.5. The first-order chi connectivity index (χ1) is 8.84. The second kappa shape index (κ2) is 4.53. The fraction of sp³-hybridized carbons (Fsp3) is 0.0588. The molecule has 0 radical (unpaired) electrons. The Hall–Kier alpha value is -2.28. The van der Waals surface area contributed by atoms with Gasteiger partial charge in [-0.1, -0.05) is 54.1 Å². The molecule has 2 aromatic carbocycles. The van der Waals surface area contributed by atoms with Crippen LogP contribution in [-0.4, -0.2) is 0 Å². The summed E-state index contributed by atoms with van der Waals surface area (Å²) in [5, 5.41) is 0. The maximum atomic E-state index is 5.51. The number of benzene rings is 2. The van der Waals surface area contributed by atoms with Crippen LogP contribution in [0.3, 0.4) is 0 Å². The Kier molecular flexibility index (Phi) is 2.73. The molecule has 0 amide bonds. The SMILES string of the molecule is Cc1ccc(-c2ccccc2-c2ccco2)cc1. The van der Waals surface area contributed by atoms with E-state index >= 15 is 0 Å². The predicted molar refractivity (Wildman–Crippen MR) is 74.3 cm³/mol. The standard InChI is InChI=1S/C17H14O/c1-13-8-10-14(11-9-13)15-5-2-3-6-16(15)17-7-4-12-18-17/h2-12H,1H3. The third-order valence-corrected chi connectivity index (χ3v) is 3.08. The van der Waals surface area contributed by atoms with Gasteiger partial charge in [0, 0.05) is 5.56 Å². The lowest BCUT2D eigenvalue weighted by Gasteiger charge is -2.07. The molecule has 3 aromatic rings. The van der Waals surface area contributed by atoms with Gasteiger partial charge in [-0.15, -0.1) is 0 Å². The van der Waals surface area contributed by atoms with Gasteiger partial charge in [0.25, 0.3) is 0 Å². The van der Waals surface area contributed by atoms with E-state index in [-0.39, 0.29) is 0 Å². The lowest BCUT2D eigenvalue weighted by Crippen LogP contribution is -1.83. The van der Waals surface area contributed by atoms with Gasteiger partial charge in [-0.05, 0) is 30.2 Å². The van der Waals surface area contributed by atoms with Crippen molar-refractivity contribution < 1.29 is 4.42 Å². The zero-order chi connectivity index (χ0) is 12.4. The summed E-state index contributed by atoms with van der Waals surface area (Å²) in [4.78, 5) is 0. The number of hydrogen-bond acceptors (Lipinski definition) is 1. The average Bonchev–Trinajstić information content (AvgIpc) is 2.93. The van der Waals surface area contributed by atoms with E-state index in [1.54, 1.807) is 6.26 Å². The highest BCUT2D eigenvalue weighted by atomic mass is 16.3. The van der Waals surface area contributed by atoms with Crippen LogP contribution < -0.4 is 0 Å². The molecule has 3 rings (SSSR count). The Morgan fingerprint density at radius 3 is 2.11 bits per heavy atom. The minimum atomic E-state index is 0.908. The fourth-order valence-electron chi connectivity index (χ4n) is 2.11. The summed E-state index contributed by atoms with van der Waals surface area (Å²) in [7, 11) is 0. The van der Waals surface area contributed by atoms with Gasteiger partial charge in [0.2, 0.25) is 0 Å². The molecular formula is C17H14O. The van der Waals surface area contributed by atoms with Gasteiger partial charge in [0.05, 0.1) is 6.26 Å². The topological polar surface area (TPSA) is 13.1 Å². The Labute approximate surface area is 107 Å². The highest BCUT2D eigenvalue weighted by Gasteiger charge is 2.08. The molecule has 0 unspecified atom stereocenters. The maximum absolute atomic E-state index is 5.51. The van der Waals surface area contributed by atoms with Crippen LogP contribution in [0.4, 0.5) is 0 Å². The van der Waals surface area contributed by atoms with Crippen molar-refractivity contribution in [1.82, 2.24) is 0 Å². The van der Waals surface area contributed by atoms with Crippen molar-refractivity contribution in [3.05, 3.63) is 72.5 Å². The molecule has 0 saturated carbocycles. The average molecular weight is 234 g/mol. The van der Waals surface area contributed by atoms with Crippen molar-refractivity contribution in [3.8, 4) is 22.5 Å². The summed E-state index contributed by atoms with van der Waals surface area (Å²) in [5.74, 6) is 0.908. The molecule has 0 aliphatic rings. The van der Waals surface area contributed by atoms with E-state index in [2.05, 4.69) is 49.4 Å². The first-order valence-electron chi connectivity index (χ1n) is 6.04. The molecule has 1 aromatic heterocycles. The van der Waals surface area contributed by atoms with Crippen LogP contribution in [0.5, 0.6) is 0 Å². The van der Waals surface area contributed by atoms with Gasteiger partial charge in [0.15, 0.2) is 0 Å². The molecule has 18 heavy (non-hydrogen) atoms. The summed E-state index contributed by atoms with van der Waals surface area (Å²) >= 11 is 0. The van der Waals surface area contributed by atoms with E-state index in [1.807, 2.05) is 18.2 Å². The highest BCUT2D eigenvalue weighted by Crippen LogP contribution is 2.32. The summed E-state index contributed by atoms with van der Waals surface area (Å²) in [6, 6.07) is 20.8. The largest absolute Gasteiger partial charge is 0.464 e. The fourth-order valence-corrected chi connectivity index (χ4v) is 2.11. The zero-order valence-electron chi connectivity index (χ0n) is 10.3. The number of furan rings is 1. The minimum Gasteiger partial charge on any atom is -0.464 e. The molecule has 0 aliphatic heterocycles. The molecule has 1 heteroatoms. The van der Waals surface area contributed by atoms with Crippen LogP contribution in [0.15, 0.2) is 71.3 Å². The summed E-state index contributed by atoms with van der Waals surface area (Å²) in [6.45, 7) is 2.10. The van der Waals surface area contributed by atoms with Gasteiger partial charge in [-0.3, -0.25) is 0 Å². The first-order valence-corrected chi connectivity index (χ1v) is 6.04. The molecule has 88 valence electrons. The predicted octanol–water partition coefficient (Wildman–Crippen LogP) is 4.92. The van der Waals surface area contributed by atoms with Crippen LogP contribution in [0.25, 0.3) is 22.5 Å². The van der Waals surface area contributed by atoms with Gasteiger partial charge >= 0.3 is 0 Å². The van der Waals surface area contributed by atoms with Crippen molar-refractivity contribution >= 4 is 0 Å². The molecule has 0 aliphatic carbocycles. The van der Waals surface area contributed by atoms with E-state index in [4.69, 9.17) is 4.42 Å². The number of hydrogen-bond donors (Lipinski definition) is 0. The van der Waals surface area contributed by atoms with Gasteiger partial charge in [0.1, 0.15) is 5.76 Å². The molecule has 0 bridgehead atoms. The molecule has 0 saturated heterocycles. The van der Waals surface area contributed by atoms with Crippen molar-refractivity contribution in [3.63, 3.8) is 0 Å². The van der Waals surface area contributed by atoms with E-state index < -0.39 is 0 Å². The number of aryl methyl sites for hydroxylation is 1. The number of rotatable bonds is 2. The van der Waals surface area contributed by atoms with Crippen LogP contribution >= 0.6 is 0 Å². The van der Waals surface area contributed by atoms with Crippen LogP contribution in [0, 0.1) is 6.92 Å². The second-order valence-electron chi connectivity index (χ2n) is 4.39. The van der Waals surface area contributed by atoms with Crippen LogP contribution in [-0.2, 0) is 0 Å². The van der Waals surface area contributed by atoms with E-state index in [1.165, 1.54) is 16.7 Å². The third-order valence-electron chi connectivity index (χ3n) is 3.08. The van der Waals surface area contributed by atoms with Crippen molar-refractivity contribution in [2.24, 2.45) is 0 Å². The quantitative estimate of drug-likeness (QED) is 0.613. The lowest BCUT2D eigenvalue weighted by atomic mass is 9.97. The van der Waals surface area contributed by atoms with Crippen molar-refractivity contribution in [1.29, 1.82) is 0 Å². The van der Waals surface area contributed by atoms with Gasteiger partial charge < -0.3 is 4.42 Å². The molecule has 0 spiro atoms. The van der Waals surface area contributed by atoms with Gasteiger partial charge in [-0.25, -0.2) is 0 Å². The third kappa shape index (κ3) is 1.95. The Balaban J connectivity index is 2.15. The monoisotopic (exact) mass is 234 g/mol. The highest BCUT2D eigenvalue weighted by molar-refractivity contribution is 5.81. The zero-order valence-corrected chi connectivity index (χ0v) is 10.3. The lowest BCUT2D eigenvalue weighted by molar-refractivity contribution is 0.582. The Morgan fingerprint density at radius 2 is 1.44 bits per heavy atom. The van der Waals surface area contributed by atoms with Gasteiger partial charge in [-0.2, -0.15) is 0 Å². The maximum Gasteiger partial charge on any atom is 0.134 e. The van der Waals surface area contributed by atoms with Crippen molar-refractivity contribution in [2.45, 2.75) is 6.92 Å². The van der Waals surface area contributed by atoms with E-state index in [0.29, 0.717) is 0 Å². The smallest absolute Gasteiger partial charge is 0.134 e. The minimum absolute atomic E-state index is 0.908. The summed E-state index contributed by atoms with van der Waals surface area (Å²) < 4.78 is 5.51. The second-order valence-corrected chi connectivity index (χ2v) is 4.39. The summed E-state index contributed by atoms with van der Waals surface area (Å²) in [5.41, 5.74) is 4.82. The molecule has 0 atom stereocenters. The Bertz CT molecular complexity index is 634. The molecular weight excluding hydrogens is 220 g/mol. The van der Waals surface area contributed by atoms with Crippen molar-refractivity contribution in [2.75, 3.05) is 0 Å². The van der Waals surface area contributed by atoms with E-state index in [9.17, 15) is 0 Å². The Morgan fingerprint density at radius 1 is 0.722 bits per heavy atom. The summed E-state index contributed by atoms with van der Waals surface area (Å²) in [6.07, 6.45) is 1.71. The molecule has 1 heterocycles. The molecule has 1 nitrogen and oxygen atoms in total.